The maximum absolute atomic E-state index is 13.7. The van der Waals surface area contributed by atoms with Gasteiger partial charge in [0, 0.05) is 34.4 Å². The first kappa shape index (κ1) is 35.3. The van der Waals surface area contributed by atoms with Crippen molar-refractivity contribution in [3.63, 3.8) is 0 Å². The fourth-order valence-corrected chi connectivity index (χ4v) is 5.85. The smallest absolute Gasteiger partial charge is 0.340 e. The molecule has 5 N–H and O–H groups in total. The molecule has 0 fully saturated rings. The fraction of sp³-hybridized carbons (Fsp3) is 0.314. The van der Waals surface area contributed by atoms with Crippen molar-refractivity contribution in [3.05, 3.63) is 82.4 Å². The van der Waals surface area contributed by atoms with Gasteiger partial charge in [0.25, 0.3) is 5.91 Å². The van der Waals surface area contributed by atoms with Crippen LogP contribution in [0.4, 0.5) is 4.39 Å². The Balaban J connectivity index is 1.40. The summed E-state index contributed by atoms with van der Waals surface area (Å²) in [5.41, 5.74) is -0.444. The predicted molar refractivity (Wildman–Crippen MR) is 171 cm³/mol. The number of hydrogen-bond donors (Lipinski definition) is 5. The number of fused-ring (bicyclic) bond motifs is 6. The van der Waals surface area contributed by atoms with Gasteiger partial charge in [0.05, 0.1) is 19.1 Å². The van der Waals surface area contributed by atoms with E-state index >= 15 is 0 Å². The number of ether oxygens (including phenoxy) is 3. The number of methoxy groups -OCH3 is 1. The molecule has 50 heavy (non-hydrogen) atoms. The van der Waals surface area contributed by atoms with Crippen molar-refractivity contribution >= 4 is 35.4 Å². The van der Waals surface area contributed by atoms with Gasteiger partial charge in [-0.15, -0.1) is 0 Å². The summed E-state index contributed by atoms with van der Waals surface area (Å²) >= 11 is 0. The molecule has 3 amide bonds. The second kappa shape index (κ2) is 13.9. The minimum Gasteiger partial charge on any atom is -0.508 e. The molecule has 0 aliphatic carbocycles. The lowest BCUT2D eigenvalue weighted by molar-refractivity contribution is -0.143. The summed E-state index contributed by atoms with van der Waals surface area (Å²) in [4.78, 5) is 76.7. The molecule has 2 aliphatic heterocycles. The predicted octanol–water partition coefficient (Wildman–Crippen LogP) is 2.51. The molecule has 0 aromatic heterocycles. The Kier molecular flexibility index (Phi) is 9.79. The van der Waals surface area contributed by atoms with Crippen LogP contribution in [0.5, 0.6) is 23.0 Å². The lowest BCUT2D eigenvalue weighted by atomic mass is 9.77. The summed E-state index contributed by atoms with van der Waals surface area (Å²) in [6.45, 7) is 3.19. The van der Waals surface area contributed by atoms with E-state index in [1.54, 1.807) is 13.8 Å². The molecule has 3 atom stereocenters. The molecule has 2 aliphatic rings. The molecular formula is C35H34FN3O11. The largest absolute Gasteiger partial charge is 0.508 e. The molecule has 0 radical (unpaired) electrons. The van der Waals surface area contributed by atoms with Gasteiger partial charge in [0.1, 0.15) is 47.8 Å². The Labute approximate surface area is 284 Å². The molecule has 0 unspecified atom stereocenters. The average molecular weight is 692 g/mol. The summed E-state index contributed by atoms with van der Waals surface area (Å²) in [7, 11) is 1.07. The zero-order chi connectivity index (χ0) is 36.5. The van der Waals surface area contributed by atoms with E-state index in [1.165, 1.54) is 61.5 Å². The van der Waals surface area contributed by atoms with Gasteiger partial charge in [-0.2, -0.15) is 0 Å². The summed E-state index contributed by atoms with van der Waals surface area (Å²) < 4.78 is 29.5. The van der Waals surface area contributed by atoms with E-state index in [0.29, 0.717) is 11.1 Å². The lowest BCUT2D eigenvalue weighted by Gasteiger charge is -2.36. The highest BCUT2D eigenvalue weighted by atomic mass is 19.1. The van der Waals surface area contributed by atoms with Crippen LogP contribution in [0, 0.1) is 5.92 Å². The minimum absolute atomic E-state index is 0.0493. The van der Waals surface area contributed by atoms with Crippen LogP contribution >= 0.6 is 0 Å². The van der Waals surface area contributed by atoms with Crippen molar-refractivity contribution in [1.29, 1.82) is 0 Å². The Bertz CT molecular complexity index is 1860. The quantitative estimate of drug-likeness (QED) is 0.185. The van der Waals surface area contributed by atoms with Gasteiger partial charge in [-0.1, -0.05) is 13.8 Å². The van der Waals surface area contributed by atoms with Crippen molar-refractivity contribution in [2.45, 2.75) is 50.9 Å². The van der Waals surface area contributed by atoms with E-state index < -0.39 is 78.2 Å². The lowest BCUT2D eigenvalue weighted by Crippen LogP contribution is -2.56. The molecule has 0 saturated carbocycles. The SMILES string of the molecule is COC(=O)C[C@@H](NC(=O)[C@H](C)NC(=O)[C@@H](NC(=O)c1ccc2c(c1)C1(OC2=O)c2ccc(O)cc2Oc2cc(O)ccc21)C(C)C)C(=O)CF. The minimum atomic E-state index is -1.63. The van der Waals surface area contributed by atoms with E-state index in [-0.39, 0.29) is 39.7 Å². The normalized spacial score (nSPS) is 15.3. The maximum Gasteiger partial charge on any atom is 0.340 e. The number of carbonyl (C=O) groups is 6. The summed E-state index contributed by atoms with van der Waals surface area (Å²) in [6.07, 6.45) is -0.607. The Morgan fingerprint density at radius 2 is 1.46 bits per heavy atom. The second-order valence-corrected chi connectivity index (χ2v) is 12.2. The van der Waals surface area contributed by atoms with Gasteiger partial charge >= 0.3 is 11.9 Å². The van der Waals surface area contributed by atoms with E-state index in [4.69, 9.17) is 9.47 Å². The third-order valence-corrected chi connectivity index (χ3v) is 8.46. The zero-order valence-corrected chi connectivity index (χ0v) is 27.4. The fourth-order valence-electron chi connectivity index (χ4n) is 5.85. The average Bonchev–Trinajstić information content (AvgIpc) is 3.36. The first-order chi connectivity index (χ1) is 23.7. The molecule has 14 nitrogen and oxygen atoms in total. The Morgan fingerprint density at radius 1 is 0.840 bits per heavy atom. The highest BCUT2D eigenvalue weighted by molar-refractivity contribution is 6.02. The number of aromatic hydroxyl groups is 2. The van der Waals surface area contributed by atoms with Crippen LogP contribution < -0.4 is 20.7 Å². The molecule has 1 spiro atoms. The van der Waals surface area contributed by atoms with E-state index in [2.05, 4.69) is 20.7 Å². The number of phenolic OH excluding ortho intramolecular Hbond substituents is 2. The first-order valence-electron chi connectivity index (χ1n) is 15.5. The van der Waals surface area contributed by atoms with Gasteiger partial charge in [-0.25, -0.2) is 9.18 Å². The van der Waals surface area contributed by atoms with Crippen molar-refractivity contribution < 1.29 is 57.6 Å². The number of hydrogen-bond acceptors (Lipinski definition) is 11. The van der Waals surface area contributed by atoms with Gasteiger partial charge in [0.2, 0.25) is 11.8 Å². The number of alkyl halides is 1. The van der Waals surface area contributed by atoms with Crippen molar-refractivity contribution in [2.75, 3.05) is 13.8 Å². The van der Waals surface area contributed by atoms with Crippen LogP contribution in [-0.2, 0) is 34.3 Å². The highest BCUT2D eigenvalue weighted by Crippen LogP contribution is 2.57. The van der Waals surface area contributed by atoms with Crippen LogP contribution in [0.15, 0.2) is 54.6 Å². The molecular weight excluding hydrogens is 657 g/mol. The van der Waals surface area contributed by atoms with Crippen molar-refractivity contribution in [3.8, 4) is 23.0 Å². The number of halogens is 1. The molecule has 3 aromatic rings. The molecule has 15 heteroatoms. The topological polar surface area (TPSA) is 207 Å². The maximum atomic E-state index is 13.7. The van der Waals surface area contributed by atoms with E-state index in [1.807, 2.05) is 0 Å². The molecule has 2 heterocycles. The number of nitrogens with one attached hydrogen (secondary N) is 3. The summed E-state index contributed by atoms with van der Waals surface area (Å²) in [5.74, 6) is -5.37. The molecule has 3 aromatic carbocycles. The molecule has 5 rings (SSSR count). The second-order valence-electron chi connectivity index (χ2n) is 12.2. The van der Waals surface area contributed by atoms with Crippen LogP contribution in [0.3, 0.4) is 0 Å². The number of phenols is 2. The van der Waals surface area contributed by atoms with Crippen LogP contribution in [0.1, 0.15) is 64.6 Å². The number of esters is 2. The first-order valence-corrected chi connectivity index (χ1v) is 15.5. The van der Waals surface area contributed by atoms with Gasteiger partial charge in [-0.3, -0.25) is 24.0 Å². The Hall–Kier alpha value is -5.99. The number of carbonyl (C=O) groups excluding carboxylic acids is 6. The van der Waals surface area contributed by atoms with Crippen molar-refractivity contribution in [1.82, 2.24) is 16.0 Å². The third-order valence-electron chi connectivity index (χ3n) is 8.46. The molecule has 262 valence electrons. The molecule has 0 saturated heterocycles. The van der Waals surface area contributed by atoms with Crippen LogP contribution in [0.2, 0.25) is 0 Å². The van der Waals surface area contributed by atoms with Crippen LogP contribution in [0.25, 0.3) is 0 Å². The molecule has 0 bridgehead atoms. The number of Topliss-reactive ketones (excluding diaryl/α,β-unsaturated/α-hetero) is 1. The zero-order valence-electron chi connectivity index (χ0n) is 27.4. The Morgan fingerprint density at radius 3 is 2.02 bits per heavy atom. The van der Waals surface area contributed by atoms with Crippen LogP contribution in [-0.4, -0.2) is 77.6 Å². The summed E-state index contributed by atoms with van der Waals surface area (Å²) in [5, 5.41) is 27.7. The summed E-state index contributed by atoms with van der Waals surface area (Å²) in [6, 6.07) is 8.80. The number of amides is 3. The third kappa shape index (κ3) is 6.53. The van der Waals surface area contributed by atoms with Gasteiger partial charge < -0.3 is 40.4 Å². The van der Waals surface area contributed by atoms with E-state index in [9.17, 15) is 43.4 Å². The van der Waals surface area contributed by atoms with E-state index in [0.717, 1.165) is 7.11 Å². The number of ketones is 1. The van der Waals surface area contributed by atoms with Gasteiger partial charge in [0.15, 0.2) is 11.4 Å². The number of rotatable bonds is 11. The number of benzene rings is 3. The van der Waals surface area contributed by atoms with Crippen molar-refractivity contribution in [2.24, 2.45) is 5.92 Å². The standard InChI is InChI=1S/C35H34FN3O11/c1-16(2)30(33(46)37-17(3)31(44)38-25(26(42)15-36)14-29(43)48-4)39-32(45)18-5-8-21-24(11-18)35(50-34(21)47)22-9-6-19(40)12-27(22)49-28-13-20(41)7-10-23(28)35/h5-13,16-17,25,30,40-41H,14-15H2,1-4H3,(H,37,46)(H,38,44)(H,39,45)/t17-,25+,30-/m0/s1. The highest BCUT2D eigenvalue weighted by Gasteiger charge is 2.54. The van der Waals surface area contributed by atoms with Gasteiger partial charge in [-0.05, 0) is 55.3 Å². The monoisotopic (exact) mass is 691 g/mol.